The van der Waals surface area contributed by atoms with Gasteiger partial charge in [0.25, 0.3) is 0 Å². The summed E-state index contributed by atoms with van der Waals surface area (Å²) in [7, 11) is 0. The number of fused-ring (bicyclic) bond motifs is 4. The van der Waals surface area contributed by atoms with Crippen molar-refractivity contribution in [1.29, 1.82) is 0 Å². The van der Waals surface area contributed by atoms with E-state index < -0.39 is 0 Å². The Morgan fingerprint density at radius 2 is 0.981 bits per heavy atom. The van der Waals surface area contributed by atoms with Crippen molar-refractivity contribution in [3.8, 4) is 44.5 Å². The third-order valence-electron chi connectivity index (χ3n) is 10.7. The molecule has 10 rings (SSSR count). The van der Waals surface area contributed by atoms with E-state index in [0.717, 1.165) is 63.0 Å². The second-order valence-corrected chi connectivity index (χ2v) is 14.0. The first kappa shape index (κ1) is 31.8. The first-order valence-corrected chi connectivity index (χ1v) is 18.7. The van der Waals surface area contributed by atoms with Crippen molar-refractivity contribution in [2.45, 2.75) is 12.8 Å². The van der Waals surface area contributed by atoms with E-state index in [1.54, 1.807) is 0 Å². The molecule has 0 bridgehead atoms. The lowest BCUT2D eigenvalue weighted by molar-refractivity contribution is 0.670. The van der Waals surface area contributed by atoms with E-state index in [0.29, 0.717) is 0 Å². The maximum atomic E-state index is 7.23. The van der Waals surface area contributed by atoms with Crippen LogP contribution < -0.4 is 4.90 Å². The molecule has 0 saturated heterocycles. The molecule has 1 aliphatic carbocycles. The Balaban J connectivity index is 1.19. The summed E-state index contributed by atoms with van der Waals surface area (Å²) in [5.41, 5.74) is 16.9. The maximum absolute atomic E-state index is 7.23. The van der Waals surface area contributed by atoms with Crippen LogP contribution in [0.2, 0.25) is 0 Å². The number of hydrogen-bond donors (Lipinski definition) is 0. The third-order valence-corrected chi connectivity index (χ3v) is 10.7. The molecule has 54 heavy (non-hydrogen) atoms. The molecule has 0 fully saturated rings. The van der Waals surface area contributed by atoms with Crippen LogP contribution in [0.3, 0.4) is 0 Å². The highest BCUT2D eigenvalue weighted by atomic mass is 16.3. The Morgan fingerprint density at radius 1 is 0.426 bits per heavy atom. The molecule has 1 aliphatic rings. The molecule has 0 amide bonds. The van der Waals surface area contributed by atoms with Gasteiger partial charge in [-0.3, -0.25) is 0 Å². The van der Waals surface area contributed by atoms with Gasteiger partial charge in [-0.25, -0.2) is 0 Å². The molecule has 0 atom stereocenters. The number of hydrogen-bond acceptors (Lipinski definition) is 2. The Kier molecular flexibility index (Phi) is 8.00. The molecule has 0 unspecified atom stereocenters. The summed E-state index contributed by atoms with van der Waals surface area (Å²) in [6, 6.07) is 67.5. The SMILES string of the molecule is C1=Cc2ccc(-c3ccc(-c4ccccc4)c4c3oc3c(N(c5ccc(-c6ccccc6)cc5)c5ccc(-c6ccccc6)cc5)cccc34)cc2CC1. The van der Waals surface area contributed by atoms with Crippen molar-refractivity contribution in [3.63, 3.8) is 0 Å². The van der Waals surface area contributed by atoms with Crippen molar-refractivity contribution in [2.75, 3.05) is 4.90 Å². The summed E-state index contributed by atoms with van der Waals surface area (Å²) in [5, 5.41) is 2.22. The summed E-state index contributed by atoms with van der Waals surface area (Å²) in [6.07, 6.45) is 6.64. The minimum absolute atomic E-state index is 0.859. The van der Waals surface area contributed by atoms with Crippen LogP contribution in [0.4, 0.5) is 17.1 Å². The fourth-order valence-electron chi connectivity index (χ4n) is 8.04. The summed E-state index contributed by atoms with van der Waals surface area (Å²) in [5.74, 6) is 0. The highest BCUT2D eigenvalue weighted by molar-refractivity contribution is 6.19. The Morgan fingerprint density at radius 3 is 1.61 bits per heavy atom. The summed E-state index contributed by atoms with van der Waals surface area (Å²) < 4.78 is 7.23. The number of rotatable bonds is 7. The van der Waals surface area contributed by atoms with Gasteiger partial charge in [0.15, 0.2) is 5.58 Å². The number of aryl methyl sites for hydroxylation is 1. The lowest BCUT2D eigenvalue weighted by Gasteiger charge is -2.26. The minimum atomic E-state index is 0.859. The number of allylic oxidation sites excluding steroid dienone is 1. The lowest BCUT2D eigenvalue weighted by Crippen LogP contribution is -2.10. The average Bonchev–Trinajstić information content (AvgIpc) is 3.65. The number of anilines is 3. The number of benzene rings is 8. The lowest BCUT2D eigenvalue weighted by atomic mass is 9.91. The van der Waals surface area contributed by atoms with Gasteiger partial charge in [-0.1, -0.05) is 164 Å². The standard InChI is InChI=1S/C52H37NO/c1-4-13-36(14-5-1)39-25-29-44(30-26-39)53(45-31-27-40(28-32-45)37-15-6-2-7-16-37)49-22-12-21-48-50-46(41-18-8-3-9-19-41)33-34-47(52(50)54-51(48)49)43-24-23-38-17-10-11-20-42(38)35-43/h1-10,12-19,21-35H,11,20H2. The van der Waals surface area contributed by atoms with Crippen molar-refractivity contribution in [1.82, 2.24) is 0 Å². The fraction of sp³-hybridized carbons (Fsp3) is 0.0385. The molecule has 0 radical (unpaired) electrons. The predicted octanol–water partition coefficient (Wildman–Crippen LogP) is 14.7. The van der Waals surface area contributed by atoms with Crippen molar-refractivity contribution in [2.24, 2.45) is 0 Å². The first-order chi connectivity index (χ1) is 26.8. The zero-order valence-electron chi connectivity index (χ0n) is 29.8. The normalized spacial score (nSPS) is 12.2. The number of furan rings is 1. The van der Waals surface area contributed by atoms with Gasteiger partial charge in [0.1, 0.15) is 5.58 Å². The van der Waals surface area contributed by atoms with Crippen molar-refractivity contribution >= 4 is 45.1 Å². The quantitative estimate of drug-likeness (QED) is 0.165. The Hall–Kier alpha value is -6.90. The molecule has 2 heteroatoms. The topological polar surface area (TPSA) is 16.4 Å². The molecule has 0 saturated carbocycles. The largest absolute Gasteiger partial charge is 0.453 e. The summed E-state index contributed by atoms with van der Waals surface area (Å²) in [6.45, 7) is 0. The van der Waals surface area contributed by atoms with E-state index in [-0.39, 0.29) is 0 Å². The van der Waals surface area contributed by atoms with Crippen molar-refractivity contribution in [3.05, 3.63) is 205 Å². The van der Waals surface area contributed by atoms with Crippen LogP contribution in [0.15, 0.2) is 199 Å². The van der Waals surface area contributed by atoms with E-state index in [2.05, 4.69) is 205 Å². The van der Waals surface area contributed by atoms with E-state index in [1.165, 1.54) is 44.5 Å². The van der Waals surface area contributed by atoms with Crippen LogP contribution in [0.1, 0.15) is 17.5 Å². The van der Waals surface area contributed by atoms with Gasteiger partial charge in [-0.15, -0.1) is 0 Å². The summed E-state index contributed by atoms with van der Waals surface area (Å²) in [4.78, 5) is 2.33. The second-order valence-electron chi connectivity index (χ2n) is 14.0. The third kappa shape index (κ3) is 5.70. The van der Waals surface area contributed by atoms with Crippen LogP contribution in [0.5, 0.6) is 0 Å². The first-order valence-electron chi connectivity index (χ1n) is 18.7. The molecule has 0 spiro atoms. The smallest absolute Gasteiger partial charge is 0.159 e. The molecule has 2 nitrogen and oxygen atoms in total. The van der Waals surface area contributed by atoms with E-state index >= 15 is 0 Å². The molecule has 1 aromatic heterocycles. The van der Waals surface area contributed by atoms with Crippen LogP contribution in [-0.2, 0) is 6.42 Å². The molecule has 1 heterocycles. The van der Waals surface area contributed by atoms with Gasteiger partial charge in [0, 0.05) is 27.7 Å². The van der Waals surface area contributed by atoms with Gasteiger partial charge < -0.3 is 9.32 Å². The van der Waals surface area contributed by atoms with E-state index in [4.69, 9.17) is 4.42 Å². The van der Waals surface area contributed by atoms with Gasteiger partial charge in [0.05, 0.1) is 5.69 Å². The highest BCUT2D eigenvalue weighted by Gasteiger charge is 2.23. The number of nitrogens with zero attached hydrogens (tertiary/aromatic N) is 1. The monoisotopic (exact) mass is 691 g/mol. The zero-order valence-corrected chi connectivity index (χ0v) is 29.8. The minimum Gasteiger partial charge on any atom is -0.453 e. The Bertz CT molecular complexity index is 2700. The van der Waals surface area contributed by atoms with Crippen LogP contribution in [0, 0.1) is 0 Å². The molecule has 0 N–H and O–H groups in total. The molecular formula is C52H37NO. The maximum Gasteiger partial charge on any atom is 0.159 e. The zero-order chi connectivity index (χ0) is 35.8. The van der Waals surface area contributed by atoms with Crippen LogP contribution in [0.25, 0.3) is 72.5 Å². The summed E-state index contributed by atoms with van der Waals surface area (Å²) >= 11 is 0. The molecule has 256 valence electrons. The number of para-hydroxylation sites is 1. The molecular weight excluding hydrogens is 655 g/mol. The van der Waals surface area contributed by atoms with Gasteiger partial charge >= 0.3 is 0 Å². The molecule has 0 aliphatic heterocycles. The van der Waals surface area contributed by atoms with Crippen LogP contribution >= 0.6 is 0 Å². The Labute approximate surface area is 315 Å². The molecule has 8 aromatic carbocycles. The van der Waals surface area contributed by atoms with E-state index in [9.17, 15) is 0 Å². The highest BCUT2D eigenvalue weighted by Crippen LogP contribution is 2.47. The average molecular weight is 692 g/mol. The van der Waals surface area contributed by atoms with Crippen molar-refractivity contribution < 1.29 is 4.42 Å². The molecule has 9 aromatic rings. The second kappa shape index (κ2) is 13.6. The van der Waals surface area contributed by atoms with E-state index in [1.807, 2.05) is 0 Å². The van der Waals surface area contributed by atoms with Gasteiger partial charge in [-0.2, -0.15) is 0 Å². The van der Waals surface area contributed by atoms with Gasteiger partial charge in [-0.05, 0) is 99.3 Å². The fourth-order valence-corrected chi connectivity index (χ4v) is 8.04. The van der Waals surface area contributed by atoms with Gasteiger partial charge in [0.2, 0.25) is 0 Å². The predicted molar refractivity (Wildman–Crippen MR) is 228 cm³/mol. The van der Waals surface area contributed by atoms with Crippen LogP contribution in [-0.4, -0.2) is 0 Å².